The van der Waals surface area contributed by atoms with Gasteiger partial charge in [0.25, 0.3) is 5.91 Å². The highest BCUT2D eigenvalue weighted by Gasteiger charge is 2.27. The van der Waals surface area contributed by atoms with Crippen LogP contribution in [0, 0.1) is 0 Å². The first-order valence-electron chi connectivity index (χ1n) is 13.0. The van der Waals surface area contributed by atoms with E-state index >= 15 is 0 Å². The third-order valence-electron chi connectivity index (χ3n) is 6.72. The van der Waals surface area contributed by atoms with Crippen LogP contribution in [-0.4, -0.2) is 60.7 Å². The molecule has 2 aromatic rings. The van der Waals surface area contributed by atoms with Gasteiger partial charge in [-0.15, -0.1) is 0 Å². The smallest absolute Gasteiger partial charge is 0.254 e. The molecule has 34 heavy (non-hydrogen) atoms. The zero-order valence-corrected chi connectivity index (χ0v) is 21.1. The number of rotatable bonds is 3. The normalized spacial score (nSPS) is 22.4. The lowest BCUT2D eigenvalue weighted by Gasteiger charge is -2.35. The molecule has 1 saturated heterocycles. The van der Waals surface area contributed by atoms with Crippen LogP contribution in [0.25, 0.3) is 0 Å². The molecule has 5 nitrogen and oxygen atoms in total. The highest BCUT2D eigenvalue weighted by atomic mass is 16.5. The van der Waals surface area contributed by atoms with E-state index in [9.17, 15) is 4.79 Å². The highest BCUT2D eigenvalue weighted by molar-refractivity contribution is 5.94. The van der Waals surface area contributed by atoms with Gasteiger partial charge in [0.2, 0.25) is 0 Å². The Morgan fingerprint density at radius 2 is 1.79 bits per heavy atom. The van der Waals surface area contributed by atoms with E-state index < -0.39 is 0 Å². The second-order valence-corrected chi connectivity index (χ2v) is 9.97. The van der Waals surface area contributed by atoms with Gasteiger partial charge in [-0.3, -0.25) is 9.69 Å². The Hall–Kier alpha value is -2.37. The number of benzene rings is 2. The Balaban J connectivity index is 1.60. The highest BCUT2D eigenvalue weighted by Crippen LogP contribution is 2.26. The molecule has 2 unspecified atom stereocenters. The van der Waals surface area contributed by atoms with Gasteiger partial charge in [0.15, 0.2) is 0 Å². The molecule has 0 saturated carbocycles. The molecule has 2 aromatic carbocycles. The van der Waals surface area contributed by atoms with Crippen molar-refractivity contribution in [3.05, 3.63) is 64.7 Å². The number of hydrogen-bond donors (Lipinski definition) is 0. The van der Waals surface area contributed by atoms with E-state index in [1.807, 2.05) is 36.9 Å². The molecule has 2 aliphatic rings. The summed E-state index contributed by atoms with van der Waals surface area (Å²) in [6, 6.07) is 14.9. The van der Waals surface area contributed by atoms with E-state index in [-0.39, 0.29) is 18.1 Å². The molecule has 5 heteroatoms. The molecule has 2 aliphatic heterocycles. The first-order valence-corrected chi connectivity index (χ1v) is 13.0. The quantitative estimate of drug-likeness (QED) is 0.618. The fraction of sp³-hybridized carbons (Fsp3) is 0.552. The fourth-order valence-electron chi connectivity index (χ4n) is 5.22. The molecule has 1 fully saturated rings. The maximum atomic E-state index is 13.3. The molecule has 2 bridgehead atoms. The van der Waals surface area contributed by atoms with E-state index in [0.29, 0.717) is 19.7 Å². The number of carbonyl (C=O) groups is 1. The lowest BCUT2D eigenvalue weighted by Crippen LogP contribution is -2.48. The Morgan fingerprint density at radius 1 is 1.00 bits per heavy atom. The Kier molecular flexibility index (Phi) is 8.63. The predicted molar refractivity (Wildman–Crippen MR) is 137 cm³/mol. The van der Waals surface area contributed by atoms with E-state index in [1.165, 1.54) is 30.4 Å². The minimum atomic E-state index is 0.0587. The second kappa shape index (κ2) is 11.9. The zero-order chi connectivity index (χ0) is 23.9. The molecule has 0 N–H and O–H groups in total. The molecule has 2 heterocycles. The first kappa shape index (κ1) is 24.7. The summed E-state index contributed by atoms with van der Waals surface area (Å²) in [5.74, 6) is 0.975. The van der Waals surface area contributed by atoms with Crippen molar-refractivity contribution < 1.29 is 14.3 Å². The van der Waals surface area contributed by atoms with Crippen molar-refractivity contribution in [2.24, 2.45) is 0 Å². The van der Waals surface area contributed by atoms with Crippen LogP contribution in [0.4, 0.5) is 0 Å². The fourth-order valence-corrected chi connectivity index (χ4v) is 5.22. The second-order valence-electron chi connectivity index (χ2n) is 9.97. The standard InChI is InChI=1S/C29H40N2O3/c1-4-13-30-14-6-5-7-15-33-28-12-11-26(29(32)31-19-22(2)34-23(3)20-31)18-27(28)17-24-9-8-10-25(16-24)21-30/h8-12,16,18,22-23H,4-7,13-15,17,19-21H2,1-3H3. The summed E-state index contributed by atoms with van der Waals surface area (Å²) < 4.78 is 12.1. The van der Waals surface area contributed by atoms with E-state index in [0.717, 1.165) is 49.4 Å². The average Bonchev–Trinajstić information content (AvgIpc) is 2.81. The van der Waals surface area contributed by atoms with Gasteiger partial charge in [0, 0.05) is 31.6 Å². The predicted octanol–water partition coefficient (Wildman–Crippen LogP) is 5.30. The van der Waals surface area contributed by atoms with Gasteiger partial charge in [0.05, 0.1) is 18.8 Å². The summed E-state index contributed by atoms with van der Waals surface area (Å²) >= 11 is 0. The number of hydrogen-bond acceptors (Lipinski definition) is 4. The first-order chi connectivity index (χ1) is 16.5. The minimum absolute atomic E-state index is 0.0587. The summed E-state index contributed by atoms with van der Waals surface area (Å²) in [6.07, 6.45) is 5.46. The van der Waals surface area contributed by atoms with Crippen LogP contribution in [0.1, 0.15) is 73.5 Å². The number of morpholine rings is 1. The van der Waals surface area contributed by atoms with Crippen LogP contribution < -0.4 is 4.74 Å². The molecule has 0 aliphatic carbocycles. The molecule has 0 aromatic heterocycles. The van der Waals surface area contributed by atoms with Gasteiger partial charge in [-0.1, -0.05) is 31.2 Å². The van der Waals surface area contributed by atoms with Gasteiger partial charge >= 0.3 is 0 Å². The van der Waals surface area contributed by atoms with Crippen LogP contribution in [0.2, 0.25) is 0 Å². The molecule has 2 atom stereocenters. The minimum Gasteiger partial charge on any atom is -0.493 e. The summed E-state index contributed by atoms with van der Waals surface area (Å²) in [6.45, 7) is 11.6. The number of carbonyl (C=O) groups excluding carboxylic acids is 1. The van der Waals surface area contributed by atoms with Gasteiger partial charge in [-0.25, -0.2) is 0 Å². The van der Waals surface area contributed by atoms with Crippen LogP contribution in [0.5, 0.6) is 5.75 Å². The lowest BCUT2D eigenvalue weighted by atomic mass is 9.99. The van der Waals surface area contributed by atoms with Crippen LogP contribution in [-0.2, 0) is 17.7 Å². The third kappa shape index (κ3) is 6.61. The van der Waals surface area contributed by atoms with Crippen molar-refractivity contribution in [2.45, 2.75) is 71.6 Å². The van der Waals surface area contributed by atoms with Gasteiger partial charge in [-0.2, -0.15) is 0 Å². The number of amides is 1. The molecule has 0 radical (unpaired) electrons. The SMILES string of the molecule is CCCN1CCCCCOc2ccc(C(=O)N3CC(C)OC(C)C3)cc2Cc2cccc(c2)C1. The van der Waals surface area contributed by atoms with E-state index in [1.54, 1.807) is 0 Å². The van der Waals surface area contributed by atoms with Crippen molar-refractivity contribution >= 4 is 5.91 Å². The Morgan fingerprint density at radius 3 is 2.59 bits per heavy atom. The third-order valence-corrected chi connectivity index (χ3v) is 6.72. The van der Waals surface area contributed by atoms with Gasteiger partial charge in [0.1, 0.15) is 5.75 Å². The van der Waals surface area contributed by atoms with E-state index in [4.69, 9.17) is 9.47 Å². The Labute approximate surface area is 205 Å². The summed E-state index contributed by atoms with van der Waals surface area (Å²) in [4.78, 5) is 17.8. The Bertz CT molecular complexity index is 950. The van der Waals surface area contributed by atoms with E-state index in [2.05, 4.69) is 36.1 Å². The van der Waals surface area contributed by atoms with Gasteiger partial charge < -0.3 is 14.4 Å². The maximum absolute atomic E-state index is 13.3. The molecule has 0 spiro atoms. The molecule has 1 amide bonds. The monoisotopic (exact) mass is 464 g/mol. The van der Waals surface area contributed by atoms with Crippen molar-refractivity contribution in [1.29, 1.82) is 0 Å². The van der Waals surface area contributed by atoms with Crippen LogP contribution >= 0.6 is 0 Å². The molecular formula is C29H40N2O3. The molecule has 4 rings (SSSR count). The maximum Gasteiger partial charge on any atom is 0.254 e. The van der Waals surface area contributed by atoms with Gasteiger partial charge in [-0.05, 0) is 87.5 Å². The zero-order valence-electron chi connectivity index (χ0n) is 21.1. The number of fused-ring (bicyclic) bond motifs is 3. The molecular weight excluding hydrogens is 424 g/mol. The topological polar surface area (TPSA) is 42.0 Å². The van der Waals surface area contributed by atoms with Crippen LogP contribution in [0.3, 0.4) is 0 Å². The van der Waals surface area contributed by atoms with Crippen molar-refractivity contribution in [3.8, 4) is 5.75 Å². The lowest BCUT2D eigenvalue weighted by molar-refractivity contribution is -0.0586. The van der Waals surface area contributed by atoms with Crippen LogP contribution in [0.15, 0.2) is 42.5 Å². The molecule has 184 valence electrons. The largest absolute Gasteiger partial charge is 0.493 e. The number of nitrogens with zero attached hydrogens (tertiary/aromatic N) is 2. The summed E-state index contributed by atoms with van der Waals surface area (Å²) in [5.41, 5.74) is 4.43. The average molecular weight is 465 g/mol. The number of ether oxygens (including phenoxy) is 2. The van der Waals surface area contributed by atoms with Crippen molar-refractivity contribution in [1.82, 2.24) is 9.80 Å². The summed E-state index contributed by atoms with van der Waals surface area (Å²) in [5, 5.41) is 0. The van der Waals surface area contributed by atoms with Crippen molar-refractivity contribution in [2.75, 3.05) is 32.8 Å². The summed E-state index contributed by atoms with van der Waals surface area (Å²) in [7, 11) is 0. The van der Waals surface area contributed by atoms with Crippen molar-refractivity contribution in [3.63, 3.8) is 0 Å².